The zero-order valence-electron chi connectivity index (χ0n) is 15.2. The van der Waals surface area contributed by atoms with Crippen LogP contribution in [0.2, 0.25) is 0 Å². The molecule has 1 N–H and O–H groups in total. The lowest BCUT2D eigenvalue weighted by atomic mass is 9.93. The first kappa shape index (κ1) is 17.9. The van der Waals surface area contributed by atoms with Crippen LogP contribution in [0.4, 0.5) is 0 Å². The standard InChI is InChI=1S/C20H29N3O2/c1-15-12-16(10-11-21-15)13-22-20(25)17-8-9-19(24)23(14-17)18-6-4-2-3-5-7-18/h10-12,17-18H,2-9,13-14H2,1H3,(H,22,25). The van der Waals surface area contributed by atoms with Gasteiger partial charge in [0, 0.05) is 37.4 Å². The summed E-state index contributed by atoms with van der Waals surface area (Å²) in [6.45, 7) is 3.06. The quantitative estimate of drug-likeness (QED) is 0.855. The van der Waals surface area contributed by atoms with Crippen LogP contribution in [0.5, 0.6) is 0 Å². The average molecular weight is 343 g/mol. The molecule has 1 atom stereocenters. The summed E-state index contributed by atoms with van der Waals surface area (Å²) in [6, 6.07) is 4.26. The van der Waals surface area contributed by atoms with Gasteiger partial charge in [0.05, 0.1) is 5.92 Å². The monoisotopic (exact) mass is 343 g/mol. The Balaban J connectivity index is 1.56. The van der Waals surface area contributed by atoms with E-state index in [9.17, 15) is 9.59 Å². The third kappa shape index (κ3) is 4.80. The van der Waals surface area contributed by atoms with Gasteiger partial charge >= 0.3 is 0 Å². The van der Waals surface area contributed by atoms with Gasteiger partial charge in [0.15, 0.2) is 0 Å². The molecule has 1 unspecified atom stereocenters. The third-order valence-corrected chi connectivity index (χ3v) is 5.51. The van der Waals surface area contributed by atoms with Crippen LogP contribution in [0.3, 0.4) is 0 Å². The molecule has 1 saturated heterocycles. The fraction of sp³-hybridized carbons (Fsp3) is 0.650. The molecule has 1 aromatic heterocycles. The summed E-state index contributed by atoms with van der Waals surface area (Å²) < 4.78 is 0. The normalized spacial score (nSPS) is 22.5. The van der Waals surface area contributed by atoms with Crippen molar-refractivity contribution in [3.63, 3.8) is 0 Å². The van der Waals surface area contributed by atoms with Crippen molar-refractivity contribution in [1.29, 1.82) is 0 Å². The number of nitrogens with one attached hydrogen (secondary N) is 1. The summed E-state index contributed by atoms with van der Waals surface area (Å²) in [5, 5.41) is 3.04. The number of aromatic nitrogens is 1. The number of hydrogen-bond donors (Lipinski definition) is 1. The molecule has 5 nitrogen and oxygen atoms in total. The summed E-state index contributed by atoms with van der Waals surface area (Å²) in [5.74, 6) is 0.227. The van der Waals surface area contributed by atoms with Crippen molar-refractivity contribution >= 4 is 11.8 Å². The fourth-order valence-corrected chi connectivity index (χ4v) is 4.06. The summed E-state index contributed by atoms with van der Waals surface area (Å²) in [7, 11) is 0. The Hall–Kier alpha value is -1.91. The molecule has 3 rings (SSSR count). The Morgan fingerprint density at radius 3 is 2.72 bits per heavy atom. The molecule has 2 fully saturated rings. The minimum absolute atomic E-state index is 0.0700. The molecule has 0 bridgehead atoms. The van der Waals surface area contributed by atoms with Crippen molar-refractivity contribution in [3.8, 4) is 0 Å². The molecular formula is C20H29N3O2. The number of piperidine rings is 1. The smallest absolute Gasteiger partial charge is 0.225 e. The van der Waals surface area contributed by atoms with Crippen LogP contribution in [-0.4, -0.2) is 34.3 Å². The van der Waals surface area contributed by atoms with Crippen LogP contribution in [0.1, 0.15) is 62.6 Å². The summed E-state index contributed by atoms with van der Waals surface area (Å²) in [5.41, 5.74) is 2.02. The maximum Gasteiger partial charge on any atom is 0.225 e. The molecule has 2 aliphatic rings. The molecule has 1 saturated carbocycles. The second-order valence-electron chi connectivity index (χ2n) is 7.45. The van der Waals surface area contributed by atoms with Crippen LogP contribution in [0.15, 0.2) is 18.3 Å². The highest BCUT2D eigenvalue weighted by atomic mass is 16.2. The maximum atomic E-state index is 12.6. The highest BCUT2D eigenvalue weighted by Crippen LogP contribution is 2.27. The number of rotatable bonds is 4. The van der Waals surface area contributed by atoms with Crippen LogP contribution >= 0.6 is 0 Å². The molecule has 0 radical (unpaired) electrons. The van der Waals surface area contributed by atoms with E-state index in [1.807, 2.05) is 24.0 Å². The minimum atomic E-state index is -0.0797. The van der Waals surface area contributed by atoms with Gasteiger partial charge in [0.25, 0.3) is 0 Å². The third-order valence-electron chi connectivity index (χ3n) is 5.51. The van der Waals surface area contributed by atoms with Gasteiger partial charge in [-0.15, -0.1) is 0 Å². The zero-order chi connectivity index (χ0) is 17.6. The minimum Gasteiger partial charge on any atom is -0.352 e. The second kappa shape index (κ2) is 8.45. The van der Waals surface area contributed by atoms with Crippen LogP contribution < -0.4 is 5.32 Å². The lowest BCUT2D eigenvalue weighted by molar-refractivity contribution is -0.141. The highest BCUT2D eigenvalue weighted by molar-refractivity contribution is 5.84. The van der Waals surface area contributed by atoms with E-state index in [-0.39, 0.29) is 17.7 Å². The van der Waals surface area contributed by atoms with Crippen LogP contribution in [0, 0.1) is 12.8 Å². The fourth-order valence-electron chi connectivity index (χ4n) is 4.06. The van der Waals surface area contributed by atoms with Crippen molar-refractivity contribution in [3.05, 3.63) is 29.6 Å². The van der Waals surface area contributed by atoms with E-state index in [4.69, 9.17) is 0 Å². The highest BCUT2D eigenvalue weighted by Gasteiger charge is 2.34. The molecular weight excluding hydrogens is 314 g/mol. The van der Waals surface area contributed by atoms with Crippen molar-refractivity contribution in [2.45, 2.75) is 70.9 Å². The van der Waals surface area contributed by atoms with E-state index >= 15 is 0 Å². The number of pyridine rings is 1. The topological polar surface area (TPSA) is 62.3 Å². The molecule has 2 heterocycles. The summed E-state index contributed by atoms with van der Waals surface area (Å²) in [4.78, 5) is 31.2. The SMILES string of the molecule is Cc1cc(CNC(=O)C2CCC(=O)N(C3CCCCCC3)C2)ccn1. The molecule has 1 aliphatic carbocycles. The molecule has 0 spiro atoms. The Bertz CT molecular complexity index is 609. The van der Waals surface area contributed by atoms with E-state index in [1.54, 1.807) is 6.20 Å². The number of likely N-dealkylation sites (tertiary alicyclic amines) is 1. The Morgan fingerprint density at radius 1 is 1.24 bits per heavy atom. The van der Waals surface area contributed by atoms with E-state index in [1.165, 1.54) is 25.7 Å². The van der Waals surface area contributed by atoms with Gasteiger partial charge in [0.2, 0.25) is 11.8 Å². The lowest BCUT2D eigenvalue weighted by Crippen LogP contribution is -2.49. The number of nitrogens with zero attached hydrogens (tertiary/aromatic N) is 2. The number of carbonyl (C=O) groups excluding carboxylic acids is 2. The largest absolute Gasteiger partial charge is 0.352 e. The average Bonchev–Trinajstić information content (AvgIpc) is 2.89. The number of carbonyl (C=O) groups is 2. The Kier molecular flexibility index (Phi) is 6.05. The van der Waals surface area contributed by atoms with E-state index in [0.29, 0.717) is 32.0 Å². The number of aryl methyl sites for hydroxylation is 1. The van der Waals surface area contributed by atoms with Crippen molar-refractivity contribution in [1.82, 2.24) is 15.2 Å². The molecule has 25 heavy (non-hydrogen) atoms. The zero-order valence-corrected chi connectivity index (χ0v) is 15.2. The summed E-state index contributed by atoms with van der Waals surface area (Å²) >= 11 is 0. The van der Waals surface area contributed by atoms with Gasteiger partial charge in [-0.2, -0.15) is 0 Å². The predicted molar refractivity (Wildman–Crippen MR) is 96.7 cm³/mol. The molecule has 1 aliphatic heterocycles. The van der Waals surface area contributed by atoms with Gasteiger partial charge in [0.1, 0.15) is 0 Å². The van der Waals surface area contributed by atoms with Gasteiger partial charge < -0.3 is 10.2 Å². The first-order chi connectivity index (χ1) is 12.1. The van der Waals surface area contributed by atoms with Crippen LogP contribution in [0.25, 0.3) is 0 Å². The van der Waals surface area contributed by atoms with E-state index in [2.05, 4.69) is 10.3 Å². The molecule has 2 amide bonds. The van der Waals surface area contributed by atoms with Gasteiger partial charge in [-0.05, 0) is 43.9 Å². The first-order valence-electron chi connectivity index (χ1n) is 9.62. The van der Waals surface area contributed by atoms with Gasteiger partial charge in [-0.25, -0.2) is 0 Å². The molecule has 136 valence electrons. The lowest BCUT2D eigenvalue weighted by Gasteiger charge is -2.37. The van der Waals surface area contributed by atoms with E-state index < -0.39 is 0 Å². The Morgan fingerprint density at radius 2 is 2.00 bits per heavy atom. The summed E-state index contributed by atoms with van der Waals surface area (Å²) in [6.07, 6.45) is 10.1. The van der Waals surface area contributed by atoms with Crippen molar-refractivity contribution in [2.24, 2.45) is 5.92 Å². The van der Waals surface area contributed by atoms with Gasteiger partial charge in [-0.3, -0.25) is 14.6 Å². The van der Waals surface area contributed by atoms with Crippen molar-refractivity contribution in [2.75, 3.05) is 6.54 Å². The maximum absolute atomic E-state index is 12.6. The van der Waals surface area contributed by atoms with Crippen LogP contribution in [-0.2, 0) is 16.1 Å². The van der Waals surface area contributed by atoms with Crippen molar-refractivity contribution < 1.29 is 9.59 Å². The molecule has 0 aromatic carbocycles. The Labute approximate surface area is 150 Å². The predicted octanol–water partition coefficient (Wildman–Crippen LogP) is 2.97. The second-order valence-corrected chi connectivity index (χ2v) is 7.45. The van der Waals surface area contributed by atoms with E-state index in [0.717, 1.165) is 24.1 Å². The molecule has 1 aromatic rings. The van der Waals surface area contributed by atoms with Gasteiger partial charge in [-0.1, -0.05) is 25.7 Å². The number of amides is 2. The first-order valence-corrected chi connectivity index (χ1v) is 9.62. The molecule has 5 heteroatoms. The number of hydrogen-bond acceptors (Lipinski definition) is 3.